The fourth-order valence-corrected chi connectivity index (χ4v) is 4.31. The van der Waals surface area contributed by atoms with Gasteiger partial charge in [0.25, 0.3) is 0 Å². The summed E-state index contributed by atoms with van der Waals surface area (Å²) in [5, 5.41) is 0. The molecule has 0 aliphatic heterocycles. The maximum absolute atomic E-state index is 12.8. The fourth-order valence-electron chi connectivity index (χ4n) is 3.16. The van der Waals surface area contributed by atoms with E-state index in [0.29, 0.717) is 23.1 Å². The Bertz CT molecular complexity index is 1140. The Labute approximate surface area is 150 Å². The summed E-state index contributed by atoms with van der Waals surface area (Å²) < 4.78 is 39.1. The van der Waals surface area contributed by atoms with Crippen LogP contribution in [-0.2, 0) is 23.6 Å². The number of nitrogens with zero attached hydrogens (tertiary/aromatic N) is 2. The van der Waals surface area contributed by atoms with E-state index in [2.05, 4.69) is 6.92 Å². The van der Waals surface area contributed by atoms with E-state index >= 15 is 0 Å². The van der Waals surface area contributed by atoms with E-state index in [1.807, 2.05) is 12.1 Å². The lowest BCUT2D eigenvalue weighted by atomic mass is 10.3. The van der Waals surface area contributed by atoms with E-state index in [1.54, 1.807) is 13.1 Å². The van der Waals surface area contributed by atoms with Crippen LogP contribution in [0.2, 0.25) is 0 Å². The minimum Gasteiger partial charge on any atom is -0.464 e. The molecule has 0 amide bonds. The topological polar surface area (TPSA) is 85.7 Å². The predicted molar refractivity (Wildman–Crippen MR) is 95.3 cm³/mol. The third-order valence-corrected chi connectivity index (χ3v) is 6.81. The summed E-state index contributed by atoms with van der Waals surface area (Å²) in [6.07, 6.45) is 1.11. The second-order valence-corrected chi connectivity index (χ2v) is 8.99. The van der Waals surface area contributed by atoms with Crippen LogP contribution >= 0.6 is 0 Å². The SMILES string of the molecule is C[C@H]1C[C@H]1c1ccc(CN(C)S(=O)(=O)c2ccc3c(c2)oc(=O)n3C)o1. The summed E-state index contributed by atoms with van der Waals surface area (Å²) in [4.78, 5) is 11.7. The number of furan rings is 1. The molecule has 2 heterocycles. The Kier molecular flexibility index (Phi) is 3.85. The quantitative estimate of drug-likeness (QED) is 0.683. The van der Waals surface area contributed by atoms with Crippen molar-refractivity contribution in [3.05, 3.63) is 52.4 Å². The van der Waals surface area contributed by atoms with Gasteiger partial charge in [-0.3, -0.25) is 4.57 Å². The van der Waals surface area contributed by atoms with Crippen LogP contribution < -0.4 is 5.76 Å². The highest BCUT2D eigenvalue weighted by atomic mass is 32.2. The number of fused-ring (bicyclic) bond motifs is 1. The second-order valence-electron chi connectivity index (χ2n) is 6.94. The van der Waals surface area contributed by atoms with Crippen LogP contribution in [0.25, 0.3) is 11.1 Å². The van der Waals surface area contributed by atoms with Gasteiger partial charge in [0.1, 0.15) is 11.5 Å². The van der Waals surface area contributed by atoms with Crippen molar-refractivity contribution in [1.82, 2.24) is 8.87 Å². The number of oxazole rings is 1. The molecule has 1 fully saturated rings. The number of aromatic nitrogens is 1. The molecule has 0 unspecified atom stereocenters. The Morgan fingerprint density at radius 3 is 2.65 bits per heavy atom. The largest absolute Gasteiger partial charge is 0.464 e. The minimum absolute atomic E-state index is 0.0736. The molecule has 1 aromatic carbocycles. The fraction of sp³-hybridized carbons (Fsp3) is 0.389. The van der Waals surface area contributed by atoms with Crippen molar-refractivity contribution in [2.24, 2.45) is 13.0 Å². The summed E-state index contributed by atoms with van der Waals surface area (Å²) in [7, 11) is -0.661. The lowest BCUT2D eigenvalue weighted by molar-refractivity contribution is 0.390. The molecule has 2 aromatic heterocycles. The maximum Gasteiger partial charge on any atom is 0.419 e. The van der Waals surface area contributed by atoms with Crippen LogP contribution in [-0.4, -0.2) is 24.3 Å². The molecule has 1 aliphatic rings. The lowest BCUT2D eigenvalue weighted by Crippen LogP contribution is -2.26. The summed E-state index contributed by atoms with van der Waals surface area (Å²) in [6, 6.07) is 8.17. The molecule has 0 N–H and O–H groups in total. The highest BCUT2D eigenvalue weighted by Crippen LogP contribution is 2.47. The summed E-state index contributed by atoms with van der Waals surface area (Å²) >= 11 is 0. The molecule has 0 bridgehead atoms. The highest BCUT2D eigenvalue weighted by Gasteiger charge is 2.36. The number of hydrogen-bond donors (Lipinski definition) is 0. The molecule has 26 heavy (non-hydrogen) atoms. The third kappa shape index (κ3) is 2.79. The van der Waals surface area contributed by atoms with E-state index in [9.17, 15) is 13.2 Å². The number of benzene rings is 1. The molecule has 138 valence electrons. The molecule has 0 spiro atoms. The lowest BCUT2D eigenvalue weighted by Gasteiger charge is -2.16. The first-order valence-corrected chi connectivity index (χ1v) is 9.86. The Morgan fingerprint density at radius 1 is 1.23 bits per heavy atom. The normalized spacial score (nSPS) is 20.2. The van der Waals surface area contributed by atoms with Crippen LogP contribution in [0.3, 0.4) is 0 Å². The zero-order valence-corrected chi connectivity index (χ0v) is 15.6. The monoisotopic (exact) mass is 376 g/mol. The molecule has 8 heteroatoms. The van der Waals surface area contributed by atoms with Crippen molar-refractivity contribution < 1.29 is 17.3 Å². The first-order valence-electron chi connectivity index (χ1n) is 8.42. The molecule has 7 nitrogen and oxygen atoms in total. The van der Waals surface area contributed by atoms with Crippen molar-refractivity contribution in [2.45, 2.75) is 30.7 Å². The van der Waals surface area contributed by atoms with Crippen LogP contribution in [0, 0.1) is 5.92 Å². The molecular formula is C18H20N2O5S. The Balaban J connectivity index is 1.59. The summed E-state index contributed by atoms with van der Waals surface area (Å²) in [5.74, 6) is 2.08. The van der Waals surface area contributed by atoms with E-state index in [4.69, 9.17) is 8.83 Å². The van der Waals surface area contributed by atoms with Gasteiger partial charge in [0, 0.05) is 26.1 Å². The van der Waals surface area contributed by atoms with Gasteiger partial charge in [0.15, 0.2) is 5.58 Å². The zero-order valence-electron chi connectivity index (χ0n) is 14.8. The zero-order chi connectivity index (χ0) is 18.6. The standard InChI is InChI=1S/C18H20N2O5S/c1-11-8-14(11)16-7-4-12(24-16)10-19(2)26(22,23)13-5-6-15-17(9-13)25-18(21)20(15)3/h4-7,9,11,14H,8,10H2,1-3H3/t11-,14+/m0/s1. The van der Waals surface area contributed by atoms with Crippen LogP contribution in [0.15, 0.2) is 48.9 Å². The number of hydrogen-bond acceptors (Lipinski definition) is 5. The number of rotatable bonds is 5. The summed E-state index contributed by atoms with van der Waals surface area (Å²) in [5.41, 5.74) is 0.792. The number of aryl methyl sites for hydroxylation is 1. The first-order chi connectivity index (χ1) is 12.3. The highest BCUT2D eigenvalue weighted by molar-refractivity contribution is 7.89. The van der Waals surface area contributed by atoms with Gasteiger partial charge in [0.2, 0.25) is 10.0 Å². The van der Waals surface area contributed by atoms with Crippen LogP contribution in [0.1, 0.15) is 30.8 Å². The molecule has 3 aromatic rings. The average Bonchev–Trinajstić information content (AvgIpc) is 3.02. The van der Waals surface area contributed by atoms with Gasteiger partial charge in [-0.25, -0.2) is 13.2 Å². The first kappa shape index (κ1) is 17.1. The Hall–Kier alpha value is -2.32. The third-order valence-electron chi connectivity index (χ3n) is 5.01. The second kappa shape index (κ2) is 5.85. The Morgan fingerprint density at radius 2 is 1.96 bits per heavy atom. The van der Waals surface area contributed by atoms with Crippen LogP contribution in [0.5, 0.6) is 0 Å². The minimum atomic E-state index is -3.74. The van der Waals surface area contributed by atoms with Gasteiger partial charge in [-0.05, 0) is 36.6 Å². The predicted octanol–water partition coefficient (Wildman–Crippen LogP) is 2.67. The van der Waals surface area contributed by atoms with E-state index in [-0.39, 0.29) is 17.0 Å². The van der Waals surface area contributed by atoms with Crippen molar-refractivity contribution in [3.63, 3.8) is 0 Å². The van der Waals surface area contributed by atoms with Gasteiger partial charge in [0.05, 0.1) is 17.0 Å². The van der Waals surface area contributed by atoms with Crippen molar-refractivity contribution in [3.8, 4) is 0 Å². The van der Waals surface area contributed by atoms with E-state index in [1.165, 1.54) is 28.1 Å². The molecule has 0 saturated heterocycles. The maximum atomic E-state index is 12.8. The molecule has 1 saturated carbocycles. The van der Waals surface area contributed by atoms with Crippen molar-refractivity contribution >= 4 is 21.1 Å². The van der Waals surface area contributed by atoms with Gasteiger partial charge >= 0.3 is 5.76 Å². The van der Waals surface area contributed by atoms with Crippen molar-refractivity contribution in [1.29, 1.82) is 0 Å². The molecule has 0 radical (unpaired) electrons. The van der Waals surface area contributed by atoms with Crippen molar-refractivity contribution in [2.75, 3.05) is 7.05 Å². The molecule has 4 rings (SSSR count). The molecule has 2 atom stereocenters. The van der Waals surface area contributed by atoms with Gasteiger partial charge in [-0.1, -0.05) is 6.92 Å². The smallest absolute Gasteiger partial charge is 0.419 e. The van der Waals surface area contributed by atoms with E-state index in [0.717, 1.165) is 12.2 Å². The van der Waals surface area contributed by atoms with Gasteiger partial charge in [-0.15, -0.1) is 0 Å². The van der Waals surface area contributed by atoms with Gasteiger partial charge in [-0.2, -0.15) is 4.31 Å². The van der Waals surface area contributed by atoms with Gasteiger partial charge < -0.3 is 8.83 Å². The van der Waals surface area contributed by atoms with E-state index < -0.39 is 15.8 Å². The molecule has 1 aliphatic carbocycles. The number of sulfonamides is 1. The molecular weight excluding hydrogens is 356 g/mol. The van der Waals surface area contributed by atoms with Crippen LogP contribution in [0.4, 0.5) is 0 Å². The summed E-state index contributed by atoms with van der Waals surface area (Å²) in [6.45, 7) is 2.31. The average molecular weight is 376 g/mol.